The number of hydrogen-bond donors (Lipinski definition) is 4. The third-order valence-electron chi connectivity index (χ3n) is 5.33. The molecular formula is C24H22N8. The number of aromatic amines is 2. The van der Waals surface area contributed by atoms with Crippen LogP contribution in [0.4, 0.5) is 0 Å². The zero-order valence-electron chi connectivity index (χ0n) is 17.6. The van der Waals surface area contributed by atoms with Gasteiger partial charge in [0.2, 0.25) is 0 Å². The van der Waals surface area contributed by atoms with Gasteiger partial charge in [0.05, 0.1) is 29.1 Å². The van der Waals surface area contributed by atoms with Gasteiger partial charge in [-0.25, -0.2) is 9.97 Å². The summed E-state index contributed by atoms with van der Waals surface area (Å²) in [6, 6.07) is 7.83. The van der Waals surface area contributed by atoms with Crippen LogP contribution in [-0.4, -0.2) is 30.1 Å². The molecule has 4 aromatic rings. The lowest BCUT2D eigenvalue weighted by molar-refractivity contribution is 0.826. The van der Waals surface area contributed by atoms with E-state index in [1.807, 2.05) is 55.7 Å². The second-order valence-electron chi connectivity index (χ2n) is 7.35. The van der Waals surface area contributed by atoms with Crippen LogP contribution in [0.1, 0.15) is 29.6 Å². The van der Waals surface area contributed by atoms with Crippen molar-refractivity contribution in [2.24, 2.45) is 5.73 Å². The molecule has 0 radical (unpaired) electrons. The molecule has 5 N–H and O–H groups in total. The summed E-state index contributed by atoms with van der Waals surface area (Å²) in [4.78, 5) is 17.4. The van der Waals surface area contributed by atoms with E-state index in [1.54, 1.807) is 12.3 Å². The molecule has 1 aliphatic heterocycles. The molecule has 158 valence electrons. The van der Waals surface area contributed by atoms with Crippen LogP contribution in [-0.2, 0) is 6.54 Å². The van der Waals surface area contributed by atoms with Crippen molar-refractivity contribution >= 4 is 22.2 Å². The number of allylic oxidation sites excluding steroid dienone is 4. The topological polar surface area (TPSA) is 121 Å². The van der Waals surface area contributed by atoms with E-state index in [2.05, 4.69) is 32.1 Å². The molecule has 0 aliphatic carbocycles. The van der Waals surface area contributed by atoms with E-state index < -0.39 is 0 Å². The second-order valence-corrected chi connectivity index (χ2v) is 7.35. The summed E-state index contributed by atoms with van der Waals surface area (Å²) in [6.45, 7) is 6.32. The van der Waals surface area contributed by atoms with E-state index in [9.17, 15) is 0 Å². The van der Waals surface area contributed by atoms with Crippen LogP contribution in [0, 0.1) is 0 Å². The zero-order chi connectivity index (χ0) is 22.1. The van der Waals surface area contributed by atoms with E-state index in [4.69, 9.17) is 15.7 Å². The number of nitrogens with two attached hydrogens (primary N) is 1. The van der Waals surface area contributed by atoms with E-state index in [0.717, 1.165) is 44.8 Å². The summed E-state index contributed by atoms with van der Waals surface area (Å²) >= 11 is 0. The van der Waals surface area contributed by atoms with Gasteiger partial charge in [-0.15, -0.1) is 0 Å². The molecule has 0 amide bonds. The Kier molecular flexibility index (Phi) is 4.87. The molecule has 32 heavy (non-hydrogen) atoms. The average molecular weight is 422 g/mol. The van der Waals surface area contributed by atoms with Crippen LogP contribution >= 0.6 is 0 Å². The molecule has 0 atom stereocenters. The molecule has 8 nitrogen and oxygen atoms in total. The predicted octanol–water partition coefficient (Wildman–Crippen LogP) is 3.67. The lowest BCUT2D eigenvalue weighted by atomic mass is 10.0. The van der Waals surface area contributed by atoms with Crippen molar-refractivity contribution < 1.29 is 0 Å². The number of imidazole rings is 1. The maximum Gasteiger partial charge on any atom is 0.161 e. The van der Waals surface area contributed by atoms with Crippen LogP contribution in [0.5, 0.6) is 0 Å². The summed E-state index contributed by atoms with van der Waals surface area (Å²) in [6.07, 6.45) is 11.0. The molecular weight excluding hydrogens is 400 g/mol. The fourth-order valence-corrected chi connectivity index (χ4v) is 3.71. The van der Waals surface area contributed by atoms with Gasteiger partial charge in [0.25, 0.3) is 0 Å². The van der Waals surface area contributed by atoms with Crippen LogP contribution in [0.15, 0.2) is 73.4 Å². The van der Waals surface area contributed by atoms with Crippen LogP contribution in [0.25, 0.3) is 33.7 Å². The molecule has 8 heteroatoms. The number of hydrogen-bond acceptors (Lipinski definition) is 6. The van der Waals surface area contributed by atoms with Gasteiger partial charge in [0.1, 0.15) is 5.52 Å². The van der Waals surface area contributed by atoms with Gasteiger partial charge in [-0.3, -0.25) is 10.1 Å². The van der Waals surface area contributed by atoms with Crippen molar-refractivity contribution in [3.05, 3.63) is 96.0 Å². The number of rotatable bonds is 5. The molecule has 0 unspecified atom stereocenters. The molecule has 0 bridgehead atoms. The van der Waals surface area contributed by atoms with Crippen molar-refractivity contribution in [2.45, 2.75) is 13.5 Å². The van der Waals surface area contributed by atoms with E-state index >= 15 is 0 Å². The third kappa shape index (κ3) is 3.37. The van der Waals surface area contributed by atoms with Gasteiger partial charge in [-0.1, -0.05) is 18.7 Å². The SMILES string of the molecule is C=C/C(N)=C\C(=C/C)c1ccc2[nH]nc(-c3nc4c([nH]3)CNC=C4c3cccnc3)c2n1. The molecule has 4 aromatic heterocycles. The maximum absolute atomic E-state index is 5.94. The van der Waals surface area contributed by atoms with Crippen molar-refractivity contribution in [3.8, 4) is 11.5 Å². The van der Waals surface area contributed by atoms with E-state index in [0.29, 0.717) is 23.8 Å². The molecule has 0 spiro atoms. The Bertz CT molecular complexity index is 1400. The number of aromatic nitrogens is 6. The summed E-state index contributed by atoms with van der Waals surface area (Å²) < 4.78 is 0. The molecule has 0 saturated carbocycles. The van der Waals surface area contributed by atoms with Gasteiger partial charge >= 0.3 is 0 Å². The fraction of sp³-hybridized carbons (Fsp3) is 0.0833. The second kappa shape index (κ2) is 7.99. The highest BCUT2D eigenvalue weighted by molar-refractivity contribution is 5.90. The van der Waals surface area contributed by atoms with Gasteiger partial charge < -0.3 is 16.0 Å². The number of pyridine rings is 2. The first-order valence-corrected chi connectivity index (χ1v) is 10.2. The summed E-state index contributed by atoms with van der Waals surface area (Å²) in [5.74, 6) is 0.660. The molecule has 0 fully saturated rings. The lowest BCUT2D eigenvalue weighted by Gasteiger charge is -2.13. The molecule has 0 aromatic carbocycles. The summed E-state index contributed by atoms with van der Waals surface area (Å²) in [5, 5.41) is 10.9. The maximum atomic E-state index is 5.94. The molecule has 1 aliphatic rings. The number of H-pyrrole nitrogens is 2. The van der Waals surface area contributed by atoms with Crippen molar-refractivity contribution in [2.75, 3.05) is 0 Å². The highest BCUT2D eigenvalue weighted by Gasteiger charge is 2.22. The van der Waals surface area contributed by atoms with Gasteiger partial charge in [0.15, 0.2) is 11.5 Å². The summed E-state index contributed by atoms with van der Waals surface area (Å²) in [7, 11) is 0. The third-order valence-corrected chi connectivity index (χ3v) is 5.33. The largest absolute Gasteiger partial charge is 0.399 e. The smallest absolute Gasteiger partial charge is 0.161 e. The first-order chi connectivity index (χ1) is 15.7. The Morgan fingerprint density at radius 1 is 1.19 bits per heavy atom. The molecule has 5 rings (SSSR count). The Morgan fingerprint density at radius 2 is 2.09 bits per heavy atom. The number of fused-ring (bicyclic) bond motifs is 2. The minimum Gasteiger partial charge on any atom is -0.399 e. The van der Waals surface area contributed by atoms with Gasteiger partial charge in [0, 0.05) is 35.4 Å². The van der Waals surface area contributed by atoms with Crippen LogP contribution < -0.4 is 11.1 Å². The van der Waals surface area contributed by atoms with Crippen molar-refractivity contribution in [1.29, 1.82) is 0 Å². The minimum atomic E-state index is 0.577. The number of nitrogens with zero attached hydrogens (tertiary/aromatic N) is 4. The van der Waals surface area contributed by atoms with Crippen molar-refractivity contribution in [1.82, 2.24) is 35.5 Å². The monoisotopic (exact) mass is 422 g/mol. The van der Waals surface area contributed by atoms with E-state index in [-0.39, 0.29) is 0 Å². The normalized spacial score (nSPS) is 14.1. The van der Waals surface area contributed by atoms with Gasteiger partial charge in [-0.2, -0.15) is 5.10 Å². The minimum absolute atomic E-state index is 0.577. The van der Waals surface area contributed by atoms with Crippen LogP contribution in [0.2, 0.25) is 0 Å². The Balaban J connectivity index is 1.59. The highest BCUT2D eigenvalue weighted by atomic mass is 15.2. The first kappa shape index (κ1) is 19.5. The Hall–Kier alpha value is -4.46. The zero-order valence-corrected chi connectivity index (χ0v) is 17.6. The predicted molar refractivity (Wildman–Crippen MR) is 126 cm³/mol. The van der Waals surface area contributed by atoms with E-state index in [1.165, 1.54) is 0 Å². The average Bonchev–Trinajstić information content (AvgIpc) is 3.46. The summed E-state index contributed by atoms with van der Waals surface area (Å²) in [5.41, 5.74) is 14.3. The molecule has 5 heterocycles. The first-order valence-electron chi connectivity index (χ1n) is 10.2. The quantitative estimate of drug-likeness (QED) is 0.364. The highest BCUT2D eigenvalue weighted by Crippen LogP contribution is 2.31. The standard InChI is InChI=1S/C24H22N8/c1-3-14(10-16(25)4-2)18-7-8-19-22(28-18)23(32-31-19)24-29-20-13-27-12-17(21(20)30-24)15-6-5-9-26-11-15/h3-12,27H,2,13,25H2,1H3,(H,29,30)(H,31,32)/b14-3+,16-10+. The lowest BCUT2D eigenvalue weighted by Crippen LogP contribution is -2.14. The van der Waals surface area contributed by atoms with Gasteiger partial charge in [-0.05, 0) is 42.8 Å². The van der Waals surface area contributed by atoms with Crippen molar-refractivity contribution in [3.63, 3.8) is 0 Å². The number of nitrogens with one attached hydrogen (secondary N) is 3. The van der Waals surface area contributed by atoms with Crippen LogP contribution in [0.3, 0.4) is 0 Å². The fourth-order valence-electron chi connectivity index (χ4n) is 3.71. The molecule has 0 saturated heterocycles. The Morgan fingerprint density at radius 3 is 2.88 bits per heavy atom. The Labute approximate surface area is 184 Å².